The van der Waals surface area contributed by atoms with Crippen LogP contribution in [-0.4, -0.2) is 43.5 Å². The third-order valence-corrected chi connectivity index (χ3v) is 5.18. The Morgan fingerprint density at radius 3 is 2.47 bits per heavy atom. The first-order valence-corrected chi connectivity index (χ1v) is 9.95. The summed E-state index contributed by atoms with van der Waals surface area (Å²) in [6.07, 6.45) is -0.0855. The van der Waals surface area contributed by atoms with Crippen molar-refractivity contribution in [2.75, 3.05) is 31.2 Å². The van der Waals surface area contributed by atoms with Gasteiger partial charge in [0.15, 0.2) is 0 Å². The molecule has 0 amide bonds. The molecule has 2 aromatic carbocycles. The van der Waals surface area contributed by atoms with Crippen molar-refractivity contribution in [1.82, 2.24) is 0 Å². The van der Waals surface area contributed by atoms with Gasteiger partial charge >= 0.3 is 5.97 Å². The fourth-order valence-electron chi connectivity index (χ4n) is 3.85. The lowest BCUT2D eigenvalue weighted by atomic mass is 10.0. The van der Waals surface area contributed by atoms with Gasteiger partial charge in [-0.1, -0.05) is 0 Å². The summed E-state index contributed by atoms with van der Waals surface area (Å²) in [5, 5.41) is 10.5. The second kappa shape index (κ2) is 7.99. The van der Waals surface area contributed by atoms with Crippen molar-refractivity contribution in [3.05, 3.63) is 47.3 Å². The third-order valence-electron chi connectivity index (χ3n) is 5.18. The number of morpholine rings is 1. The van der Waals surface area contributed by atoms with Gasteiger partial charge in [-0.05, 0) is 45.0 Å². The van der Waals surface area contributed by atoms with Crippen molar-refractivity contribution in [2.45, 2.75) is 26.9 Å². The van der Waals surface area contributed by atoms with Crippen LogP contribution >= 0.6 is 0 Å². The fourth-order valence-corrected chi connectivity index (χ4v) is 3.85. The predicted molar refractivity (Wildman–Crippen MR) is 112 cm³/mol. The lowest BCUT2D eigenvalue weighted by Gasteiger charge is -2.31. The number of halogens is 1. The van der Waals surface area contributed by atoms with Crippen LogP contribution in [0.25, 0.3) is 22.3 Å². The standard InChI is InChI=1S/C23H24FNO5/c1-13(2)29-21-14(3)19-18(12-17(21)25-8-10-28-11-9-25)30-22(20(19)23(26)27)15-4-6-16(24)7-5-15/h4-7,12-13H,8-11H2,1-3H3,(H,26,27). The van der Waals surface area contributed by atoms with E-state index in [4.69, 9.17) is 13.9 Å². The van der Waals surface area contributed by atoms with Crippen molar-refractivity contribution < 1.29 is 28.2 Å². The van der Waals surface area contributed by atoms with Gasteiger partial charge in [0, 0.05) is 35.7 Å². The zero-order valence-corrected chi connectivity index (χ0v) is 17.2. The Kier molecular flexibility index (Phi) is 5.39. The number of furan rings is 1. The molecule has 0 unspecified atom stereocenters. The number of ether oxygens (including phenoxy) is 2. The molecule has 158 valence electrons. The molecule has 1 saturated heterocycles. The van der Waals surface area contributed by atoms with E-state index in [1.807, 2.05) is 26.8 Å². The average Bonchev–Trinajstić information content (AvgIpc) is 3.11. The Morgan fingerprint density at radius 2 is 1.87 bits per heavy atom. The van der Waals surface area contributed by atoms with Gasteiger partial charge in [0.25, 0.3) is 0 Å². The molecule has 0 atom stereocenters. The fraction of sp³-hybridized carbons (Fsp3) is 0.348. The quantitative estimate of drug-likeness (QED) is 0.643. The van der Waals surface area contributed by atoms with E-state index in [1.54, 1.807) is 0 Å². The lowest BCUT2D eigenvalue weighted by Crippen LogP contribution is -2.36. The number of hydrogen-bond acceptors (Lipinski definition) is 5. The van der Waals surface area contributed by atoms with Crippen LogP contribution in [-0.2, 0) is 4.74 Å². The molecule has 2 heterocycles. The van der Waals surface area contributed by atoms with E-state index in [1.165, 1.54) is 24.3 Å². The van der Waals surface area contributed by atoms with Crippen LogP contribution in [0.15, 0.2) is 34.7 Å². The lowest BCUT2D eigenvalue weighted by molar-refractivity contribution is 0.0699. The zero-order chi connectivity index (χ0) is 21.4. The van der Waals surface area contributed by atoms with E-state index < -0.39 is 11.8 Å². The molecule has 30 heavy (non-hydrogen) atoms. The van der Waals surface area contributed by atoms with Crippen molar-refractivity contribution in [2.24, 2.45) is 0 Å². The second-order valence-corrected chi connectivity index (χ2v) is 7.61. The molecule has 1 aliphatic heterocycles. The number of aromatic carboxylic acids is 1. The third kappa shape index (κ3) is 3.61. The van der Waals surface area contributed by atoms with Crippen molar-refractivity contribution >= 4 is 22.6 Å². The highest BCUT2D eigenvalue weighted by atomic mass is 19.1. The summed E-state index contributed by atoms with van der Waals surface area (Å²) in [5.74, 6) is -0.653. The molecule has 1 fully saturated rings. The number of carboxylic acids is 1. The van der Waals surface area contributed by atoms with Crippen molar-refractivity contribution in [1.29, 1.82) is 0 Å². The highest BCUT2D eigenvalue weighted by Gasteiger charge is 2.28. The van der Waals surface area contributed by atoms with Gasteiger partial charge in [0.1, 0.15) is 28.5 Å². The zero-order valence-electron chi connectivity index (χ0n) is 17.2. The molecule has 7 heteroatoms. The predicted octanol–water partition coefficient (Wildman–Crippen LogP) is 4.87. The van der Waals surface area contributed by atoms with Gasteiger partial charge in [0.2, 0.25) is 0 Å². The molecule has 1 N–H and O–H groups in total. The molecule has 3 aromatic rings. The number of anilines is 1. The molecular weight excluding hydrogens is 389 g/mol. The molecule has 0 bridgehead atoms. The second-order valence-electron chi connectivity index (χ2n) is 7.61. The Hall–Kier alpha value is -3.06. The van der Waals surface area contributed by atoms with Crippen molar-refractivity contribution in [3.63, 3.8) is 0 Å². The number of nitrogens with zero attached hydrogens (tertiary/aromatic N) is 1. The number of carbonyl (C=O) groups is 1. The Balaban J connectivity index is 1.98. The summed E-state index contributed by atoms with van der Waals surface area (Å²) in [6, 6.07) is 7.44. The molecule has 1 aromatic heterocycles. The number of rotatable bonds is 5. The van der Waals surface area contributed by atoms with E-state index in [0.29, 0.717) is 54.1 Å². The largest absolute Gasteiger partial charge is 0.489 e. The minimum absolute atomic E-state index is 0.0521. The highest BCUT2D eigenvalue weighted by Crippen LogP contribution is 2.44. The van der Waals surface area contributed by atoms with Crippen LogP contribution in [0.2, 0.25) is 0 Å². The van der Waals surface area contributed by atoms with E-state index in [9.17, 15) is 14.3 Å². The van der Waals surface area contributed by atoms with Gasteiger partial charge < -0.3 is 23.9 Å². The number of benzene rings is 2. The van der Waals surface area contributed by atoms with E-state index >= 15 is 0 Å². The van der Waals surface area contributed by atoms with E-state index in [2.05, 4.69) is 4.90 Å². The topological polar surface area (TPSA) is 72.1 Å². The van der Waals surface area contributed by atoms with Crippen LogP contribution in [0.1, 0.15) is 29.8 Å². The molecular formula is C23H24FNO5. The minimum atomic E-state index is -1.11. The Labute approximate surface area is 173 Å². The molecule has 0 aliphatic carbocycles. The Bertz CT molecular complexity index is 1080. The first kappa shape index (κ1) is 20.2. The molecule has 1 aliphatic rings. The van der Waals surface area contributed by atoms with Gasteiger partial charge in [-0.2, -0.15) is 0 Å². The minimum Gasteiger partial charge on any atom is -0.489 e. The number of hydrogen-bond donors (Lipinski definition) is 1. The summed E-state index contributed by atoms with van der Waals surface area (Å²) in [7, 11) is 0. The SMILES string of the molecule is Cc1c(OC(C)C)c(N2CCOCC2)cc2oc(-c3ccc(F)cc3)c(C(=O)O)c12. The van der Waals surface area contributed by atoms with Crippen LogP contribution in [0, 0.1) is 12.7 Å². The summed E-state index contributed by atoms with van der Waals surface area (Å²) in [4.78, 5) is 14.4. The van der Waals surface area contributed by atoms with Crippen LogP contribution in [0.4, 0.5) is 10.1 Å². The van der Waals surface area contributed by atoms with Crippen LogP contribution < -0.4 is 9.64 Å². The molecule has 0 radical (unpaired) electrons. The average molecular weight is 413 g/mol. The summed E-state index contributed by atoms with van der Waals surface area (Å²) >= 11 is 0. The normalized spacial score (nSPS) is 14.5. The maximum atomic E-state index is 13.4. The molecule has 0 saturated carbocycles. The van der Waals surface area contributed by atoms with E-state index in [-0.39, 0.29) is 17.4 Å². The van der Waals surface area contributed by atoms with Gasteiger partial charge in [-0.25, -0.2) is 9.18 Å². The molecule has 0 spiro atoms. The maximum Gasteiger partial charge on any atom is 0.340 e. The molecule has 6 nitrogen and oxygen atoms in total. The summed E-state index contributed by atoms with van der Waals surface area (Å²) < 4.78 is 31.0. The first-order chi connectivity index (χ1) is 14.4. The van der Waals surface area contributed by atoms with Gasteiger partial charge in [-0.15, -0.1) is 0 Å². The van der Waals surface area contributed by atoms with Crippen molar-refractivity contribution in [3.8, 4) is 17.1 Å². The number of carboxylic acid groups (broad SMARTS) is 1. The maximum absolute atomic E-state index is 13.4. The Morgan fingerprint density at radius 1 is 1.20 bits per heavy atom. The number of fused-ring (bicyclic) bond motifs is 1. The molecule has 4 rings (SSSR count). The van der Waals surface area contributed by atoms with Gasteiger partial charge in [0.05, 0.1) is 25.0 Å². The van der Waals surface area contributed by atoms with Gasteiger partial charge in [-0.3, -0.25) is 0 Å². The summed E-state index contributed by atoms with van der Waals surface area (Å²) in [5.41, 5.74) is 2.58. The highest BCUT2D eigenvalue weighted by molar-refractivity contribution is 6.10. The smallest absolute Gasteiger partial charge is 0.340 e. The monoisotopic (exact) mass is 413 g/mol. The first-order valence-electron chi connectivity index (χ1n) is 9.95. The van der Waals surface area contributed by atoms with Crippen LogP contribution in [0.5, 0.6) is 5.75 Å². The van der Waals surface area contributed by atoms with E-state index in [0.717, 1.165) is 5.69 Å². The van der Waals surface area contributed by atoms with Crippen LogP contribution in [0.3, 0.4) is 0 Å². The number of aryl methyl sites for hydroxylation is 1. The summed E-state index contributed by atoms with van der Waals surface area (Å²) in [6.45, 7) is 8.34.